The SMILES string of the molecule is COc1ccc(N2C[C@H](C(=O)OCC(=O)Nc3cc(Cl)cc(Cl)c3)CC2=O)cc1. The molecule has 0 radical (unpaired) electrons. The van der Waals surface area contributed by atoms with Crippen LogP contribution in [0.15, 0.2) is 42.5 Å². The zero-order valence-electron chi connectivity index (χ0n) is 15.5. The summed E-state index contributed by atoms with van der Waals surface area (Å²) in [6.07, 6.45) is 0.0242. The number of carbonyl (C=O) groups is 3. The zero-order valence-corrected chi connectivity index (χ0v) is 17.0. The van der Waals surface area contributed by atoms with E-state index in [0.29, 0.717) is 27.2 Å². The maximum absolute atomic E-state index is 12.3. The van der Waals surface area contributed by atoms with Gasteiger partial charge in [0.05, 0.1) is 13.0 Å². The molecule has 1 aliphatic rings. The number of hydrogen-bond acceptors (Lipinski definition) is 5. The van der Waals surface area contributed by atoms with Crippen LogP contribution in [0.2, 0.25) is 10.0 Å². The summed E-state index contributed by atoms with van der Waals surface area (Å²) in [6, 6.07) is 11.5. The first kappa shape index (κ1) is 21.0. The third kappa shape index (κ3) is 5.40. The number of benzene rings is 2. The Hall–Kier alpha value is -2.77. The first-order valence-electron chi connectivity index (χ1n) is 8.72. The van der Waals surface area contributed by atoms with E-state index in [1.165, 1.54) is 23.1 Å². The highest BCUT2D eigenvalue weighted by Gasteiger charge is 2.36. The maximum atomic E-state index is 12.3. The number of esters is 1. The van der Waals surface area contributed by atoms with Gasteiger partial charge in [0, 0.05) is 34.4 Å². The smallest absolute Gasteiger partial charge is 0.311 e. The van der Waals surface area contributed by atoms with E-state index in [4.69, 9.17) is 32.7 Å². The zero-order chi connectivity index (χ0) is 21.0. The highest BCUT2D eigenvalue weighted by atomic mass is 35.5. The second-order valence-electron chi connectivity index (χ2n) is 6.42. The molecule has 0 unspecified atom stereocenters. The predicted molar refractivity (Wildman–Crippen MR) is 110 cm³/mol. The first-order valence-corrected chi connectivity index (χ1v) is 9.48. The third-order valence-electron chi connectivity index (χ3n) is 4.33. The van der Waals surface area contributed by atoms with Crippen molar-refractivity contribution < 1.29 is 23.9 Å². The minimum atomic E-state index is -0.641. The van der Waals surface area contributed by atoms with Crippen LogP contribution in [-0.4, -0.2) is 38.0 Å². The summed E-state index contributed by atoms with van der Waals surface area (Å²) in [6.45, 7) is -0.286. The van der Waals surface area contributed by atoms with E-state index in [1.54, 1.807) is 31.4 Å². The van der Waals surface area contributed by atoms with Crippen LogP contribution in [0.3, 0.4) is 0 Å². The summed E-state index contributed by atoms with van der Waals surface area (Å²) < 4.78 is 10.2. The summed E-state index contributed by atoms with van der Waals surface area (Å²) in [5, 5.41) is 3.29. The van der Waals surface area contributed by atoms with Crippen molar-refractivity contribution in [2.45, 2.75) is 6.42 Å². The molecule has 29 heavy (non-hydrogen) atoms. The van der Waals surface area contributed by atoms with Gasteiger partial charge < -0.3 is 19.7 Å². The molecule has 0 aliphatic carbocycles. The highest BCUT2D eigenvalue weighted by Crippen LogP contribution is 2.27. The molecule has 2 amide bonds. The number of hydrogen-bond donors (Lipinski definition) is 1. The molecule has 3 rings (SSSR count). The second-order valence-corrected chi connectivity index (χ2v) is 7.29. The van der Waals surface area contributed by atoms with Gasteiger partial charge in [0.2, 0.25) is 5.91 Å². The van der Waals surface area contributed by atoms with Crippen molar-refractivity contribution in [2.75, 3.05) is 30.5 Å². The van der Waals surface area contributed by atoms with Crippen molar-refractivity contribution >= 4 is 52.4 Å². The normalized spacial score (nSPS) is 15.9. The van der Waals surface area contributed by atoms with Crippen LogP contribution in [0.4, 0.5) is 11.4 Å². The summed E-state index contributed by atoms with van der Waals surface area (Å²) in [7, 11) is 1.55. The molecule has 1 saturated heterocycles. The van der Waals surface area contributed by atoms with E-state index in [2.05, 4.69) is 5.32 Å². The number of methoxy groups -OCH3 is 1. The number of ether oxygens (including phenoxy) is 2. The van der Waals surface area contributed by atoms with E-state index < -0.39 is 24.4 Å². The summed E-state index contributed by atoms with van der Waals surface area (Å²) >= 11 is 11.8. The highest BCUT2D eigenvalue weighted by molar-refractivity contribution is 6.35. The van der Waals surface area contributed by atoms with Crippen LogP contribution in [0, 0.1) is 5.92 Å². The molecule has 2 aromatic rings. The Balaban J connectivity index is 1.52. The molecule has 1 heterocycles. The topological polar surface area (TPSA) is 84.9 Å². The lowest BCUT2D eigenvalue weighted by atomic mass is 10.1. The number of rotatable bonds is 6. The van der Waals surface area contributed by atoms with Gasteiger partial charge in [-0.2, -0.15) is 0 Å². The molecule has 152 valence electrons. The van der Waals surface area contributed by atoms with Crippen LogP contribution >= 0.6 is 23.2 Å². The average Bonchev–Trinajstić information content (AvgIpc) is 3.07. The lowest BCUT2D eigenvalue weighted by Gasteiger charge is -2.17. The van der Waals surface area contributed by atoms with Crippen molar-refractivity contribution in [3.63, 3.8) is 0 Å². The van der Waals surface area contributed by atoms with Gasteiger partial charge in [0.1, 0.15) is 5.75 Å². The Morgan fingerprint density at radius 1 is 1.14 bits per heavy atom. The predicted octanol–water partition coefficient (Wildman–Crippen LogP) is 3.54. The fourth-order valence-electron chi connectivity index (χ4n) is 2.95. The van der Waals surface area contributed by atoms with E-state index in [1.807, 2.05) is 0 Å². The summed E-state index contributed by atoms with van der Waals surface area (Å²) in [5.41, 5.74) is 1.06. The molecule has 0 aromatic heterocycles. The van der Waals surface area contributed by atoms with E-state index in [0.717, 1.165) is 0 Å². The average molecular weight is 437 g/mol. The van der Waals surface area contributed by atoms with Crippen LogP contribution in [0.5, 0.6) is 5.75 Å². The minimum absolute atomic E-state index is 0.0242. The number of nitrogens with one attached hydrogen (secondary N) is 1. The summed E-state index contributed by atoms with van der Waals surface area (Å²) in [4.78, 5) is 38.1. The number of amides is 2. The molecular weight excluding hydrogens is 419 g/mol. The van der Waals surface area contributed by atoms with Gasteiger partial charge in [-0.1, -0.05) is 23.2 Å². The third-order valence-corrected chi connectivity index (χ3v) is 4.77. The van der Waals surface area contributed by atoms with Crippen LogP contribution in [0.1, 0.15) is 6.42 Å². The molecule has 1 fully saturated rings. The van der Waals surface area contributed by atoms with Crippen LogP contribution < -0.4 is 15.0 Å². The van der Waals surface area contributed by atoms with E-state index in [-0.39, 0.29) is 18.9 Å². The molecule has 0 bridgehead atoms. The number of nitrogens with zero attached hydrogens (tertiary/aromatic N) is 1. The van der Waals surface area contributed by atoms with Gasteiger partial charge >= 0.3 is 5.97 Å². The first-order chi connectivity index (χ1) is 13.9. The lowest BCUT2D eigenvalue weighted by molar-refractivity contribution is -0.151. The molecule has 2 aromatic carbocycles. The molecule has 0 saturated carbocycles. The van der Waals surface area contributed by atoms with Gasteiger partial charge in [0.25, 0.3) is 5.91 Å². The molecule has 7 nitrogen and oxygen atoms in total. The molecule has 0 spiro atoms. The van der Waals surface area contributed by atoms with Gasteiger partial charge in [-0.3, -0.25) is 14.4 Å². The second kappa shape index (κ2) is 9.15. The van der Waals surface area contributed by atoms with Crippen molar-refractivity contribution in [1.29, 1.82) is 0 Å². The molecule has 9 heteroatoms. The maximum Gasteiger partial charge on any atom is 0.311 e. The van der Waals surface area contributed by atoms with Crippen molar-refractivity contribution in [3.05, 3.63) is 52.5 Å². The fourth-order valence-corrected chi connectivity index (χ4v) is 3.48. The van der Waals surface area contributed by atoms with Crippen molar-refractivity contribution in [3.8, 4) is 5.75 Å². The Labute approximate surface area is 177 Å². The monoisotopic (exact) mass is 436 g/mol. The van der Waals surface area contributed by atoms with Gasteiger partial charge in [-0.15, -0.1) is 0 Å². The van der Waals surface area contributed by atoms with Crippen molar-refractivity contribution in [2.24, 2.45) is 5.92 Å². The van der Waals surface area contributed by atoms with E-state index >= 15 is 0 Å². The Morgan fingerprint density at radius 3 is 2.41 bits per heavy atom. The minimum Gasteiger partial charge on any atom is -0.497 e. The lowest BCUT2D eigenvalue weighted by Crippen LogP contribution is -2.28. The van der Waals surface area contributed by atoms with Gasteiger partial charge in [0.15, 0.2) is 6.61 Å². The molecule has 1 N–H and O–H groups in total. The largest absolute Gasteiger partial charge is 0.497 e. The number of anilines is 2. The Bertz CT molecular complexity index is 913. The van der Waals surface area contributed by atoms with Gasteiger partial charge in [-0.25, -0.2) is 0 Å². The fraction of sp³-hybridized carbons (Fsp3) is 0.250. The van der Waals surface area contributed by atoms with Crippen molar-refractivity contribution in [1.82, 2.24) is 0 Å². The Kier molecular flexibility index (Phi) is 6.61. The summed E-state index contributed by atoms with van der Waals surface area (Å²) in [5.74, 6) is -1.29. The molecule has 1 atom stereocenters. The van der Waals surface area contributed by atoms with Crippen LogP contribution in [0.25, 0.3) is 0 Å². The molecular formula is C20H18Cl2N2O5. The number of halogens is 2. The molecule has 1 aliphatic heterocycles. The standard InChI is InChI=1S/C20H18Cl2N2O5/c1-28-17-4-2-16(3-5-17)24-10-12(6-19(24)26)20(27)29-11-18(25)23-15-8-13(21)7-14(22)9-15/h2-5,7-9,12H,6,10-11H2,1H3,(H,23,25)/t12-/m1/s1. The quantitative estimate of drug-likeness (QED) is 0.699. The van der Waals surface area contributed by atoms with Gasteiger partial charge in [-0.05, 0) is 42.5 Å². The number of carbonyl (C=O) groups excluding carboxylic acids is 3. The van der Waals surface area contributed by atoms with E-state index in [9.17, 15) is 14.4 Å². The Morgan fingerprint density at radius 2 is 1.79 bits per heavy atom. The van der Waals surface area contributed by atoms with Crippen LogP contribution in [-0.2, 0) is 19.1 Å².